The molecule has 3 amide bonds. The zero-order chi connectivity index (χ0) is 24.1. The van der Waals surface area contributed by atoms with Gasteiger partial charge in [0.15, 0.2) is 0 Å². The van der Waals surface area contributed by atoms with E-state index in [0.29, 0.717) is 25.1 Å². The molecule has 2 saturated heterocycles. The maximum absolute atomic E-state index is 13.9. The maximum Gasteiger partial charge on any atom is 0.255 e. The molecule has 2 N–H and O–H groups in total. The van der Waals surface area contributed by atoms with Gasteiger partial charge >= 0.3 is 0 Å². The van der Waals surface area contributed by atoms with Crippen molar-refractivity contribution in [1.82, 2.24) is 15.5 Å². The average molecular weight is 478 g/mol. The predicted octanol–water partition coefficient (Wildman–Crippen LogP) is 3.34. The van der Waals surface area contributed by atoms with E-state index in [1.807, 2.05) is 18.2 Å². The highest BCUT2D eigenvalue weighted by Crippen LogP contribution is 2.44. The summed E-state index contributed by atoms with van der Waals surface area (Å²) in [6.07, 6.45) is 4.98. The summed E-state index contributed by atoms with van der Waals surface area (Å²) in [4.78, 5) is 39.0. The van der Waals surface area contributed by atoms with E-state index >= 15 is 0 Å². The fraction of sp³-hybridized carbons (Fsp3) is 0.444. The van der Waals surface area contributed by atoms with Crippen molar-refractivity contribution in [3.8, 4) is 5.75 Å². The highest BCUT2D eigenvalue weighted by molar-refractivity contribution is 6.05. The zero-order valence-electron chi connectivity index (χ0n) is 19.4. The summed E-state index contributed by atoms with van der Waals surface area (Å²) < 4.78 is 20.4. The molecular formula is C27H28FN3O4. The van der Waals surface area contributed by atoms with E-state index in [2.05, 4.69) is 10.6 Å². The van der Waals surface area contributed by atoms with Crippen LogP contribution in [0.25, 0.3) is 0 Å². The summed E-state index contributed by atoms with van der Waals surface area (Å²) in [7, 11) is 0. The normalized spacial score (nSPS) is 26.5. The van der Waals surface area contributed by atoms with Crippen LogP contribution < -0.4 is 15.4 Å². The van der Waals surface area contributed by atoms with Gasteiger partial charge in [0.1, 0.15) is 17.6 Å². The van der Waals surface area contributed by atoms with Crippen molar-refractivity contribution in [1.29, 1.82) is 0 Å². The standard InChI is InChI=1S/C27H28FN3O4/c28-17-5-3-4-15(10-17)21-13-29-25(21)20-12-19-16(11-23(20)35-18-6-1-2-7-18)14-31(27(19)34)22-8-9-24(32)30-26(22)33/h3-5,10-12,18,21-22,25,29H,1-2,6-9,13-14H2,(H,30,32,33). The van der Waals surface area contributed by atoms with Gasteiger partial charge in [-0.15, -0.1) is 0 Å². The van der Waals surface area contributed by atoms with Crippen molar-refractivity contribution in [2.24, 2.45) is 0 Å². The molecule has 0 spiro atoms. The molecule has 182 valence electrons. The number of nitrogens with one attached hydrogen (secondary N) is 2. The van der Waals surface area contributed by atoms with Crippen LogP contribution in [0.1, 0.15) is 77.5 Å². The Hall–Kier alpha value is -3.26. The zero-order valence-corrected chi connectivity index (χ0v) is 19.4. The number of imide groups is 1. The number of carbonyl (C=O) groups excluding carboxylic acids is 3. The van der Waals surface area contributed by atoms with Crippen molar-refractivity contribution in [3.63, 3.8) is 0 Å². The van der Waals surface area contributed by atoms with Crippen LogP contribution in [0.3, 0.4) is 0 Å². The minimum Gasteiger partial charge on any atom is -0.490 e. The summed E-state index contributed by atoms with van der Waals surface area (Å²) in [6.45, 7) is 1.03. The van der Waals surface area contributed by atoms with E-state index in [0.717, 1.165) is 48.1 Å². The van der Waals surface area contributed by atoms with Crippen molar-refractivity contribution < 1.29 is 23.5 Å². The lowest BCUT2D eigenvalue weighted by Crippen LogP contribution is -2.52. The van der Waals surface area contributed by atoms with E-state index in [4.69, 9.17) is 4.74 Å². The quantitative estimate of drug-likeness (QED) is 0.645. The van der Waals surface area contributed by atoms with Gasteiger partial charge in [-0.2, -0.15) is 0 Å². The summed E-state index contributed by atoms with van der Waals surface area (Å²) in [5.41, 5.74) is 3.21. The van der Waals surface area contributed by atoms with Gasteiger partial charge in [-0.25, -0.2) is 4.39 Å². The third-order valence-corrected chi connectivity index (χ3v) is 7.82. The number of amides is 3. The van der Waals surface area contributed by atoms with Gasteiger partial charge < -0.3 is 15.0 Å². The summed E-state index contributed by atoms with van der Waals surface area (Å²) in [5, 5.41) is 5.81. The molecule has 2 aromatic carbocycles. The number of halogens is 1. The number of piperidine rings is 1. The Morgan fingerprint density at radius 3 is 2.57 bits per heavy atom. The Morgan fingerprint density at radius 2 is 1.86 bits per heavy atom. The fourth-order valence-electron chi connectivity index (χ4n) is 5.87. The van der Waals surface area contributed by atoms with Crippen molar-refractivity contribution in [2.45, 2.75) is 69.2 Å². The predicted molar refractivity (Wildman–Crippen MR) is 125 cm³/mol. The molecule has 1 aliphatic carbocycles. The van der Waals surface area contributed by atoms with Crippen LogP contribution in [0.15, 0.2) is 36.4 Å². The lowest BCUT2D eigenvalue weighted by molar-refractivity contribution is -0.136. The van der Waals surface area contributed by atoms with Crippen LogP contribution in [0.4, 0.5) is 4.39 Å². The highest BCUT2D eigenvalue weighted by atomic mass is 19.1. The molecule has 7 nitrogen and oxygen atoms in total. The Labute approximate surface area is 203 Å². The van der Waals surface area contributed by atoms with E-state index in [1.165, 1.54) is 6.07 Å². The number of rotatable bonds is 5. The lowest BCUT2D eigenvalue weighted by atomic mass is 9.80. The second-order valence-electron chi connectivity index (χ2n) is 10.0. The van der Waals surface area contributed by atoms with Gasteiger partial charge in [0.2, 0.25) is 11.8 Å². The second kappa shape index (κ2) is 8.75. The molecule has 3 aliphatic heterocycles. The summed E-state index contributed by atoms with van der Waals surface area (Å²) in [6, 6.07) is 9.76. The summed E-state index contributed by atoms with van der Waals surface area (Å²) >= 11 is 0. The Morgan fingerprint density at radius 1 is 1.03 bits per heavy atom. The SMILES string of the molecule is O=C1CCC(N2Cc3cc(OC4CCCC4)c(C4NCC4c4cccc(F)c4)cc3C2=O)C(=O)N1. The van der Waals surface area contributed by atoms with Crippen LogP contribution in [-0.4, -0.2) is 41.3 Å². The maximum atomic E-state index is 13.9. The van der Waals surface area contributed by atoms with Crippen LogP contribution in [0, 0.1) is 5.82 Å². The number of hydrogen-bond acceptors (Lipinski definition) is 5. The van der Waals surface area contributed by atoms with Crippen molar-refractivity contribution >= 4 is 17.7 Å². The molecule has 1 saturated carbocycles. The monoisotopic (exact) mass is 477 g/mol. The first-order valence-corrected chi connectivity index (χ1v) is 12.4. The van der Waals surface area contributed by atoms with Crippen LogP contribution in [0.5, 0.6) is 5.75 Å². The van der Waals surface area contributed by atoms with Gasteiger partial charge in [-0.1, -0.05) is 12.1 Å². The number of hydrogen-bond donors (Lipinski definition) is 2. The number of carbonyl (C=O) groups is 3. The fourth-order valence-corrected chi connectivity index (χ4v) is 5.87. The Balaban J connectivity index is 1.34. The number of benzene rings is 2. The molecule has 0 bridgehead atoms. The first kappa shape index (κ1) is 22.2. The van der Waals surface area contributed by atoms with Gasteiger partial charge in [0, 0.05) is 42.6 Å². The largest absolute Gasteiger partial charge is 0.490 e. The third-order valence-electron chi connectivity index (χ3n) is 7.82. The second-order valence-corrected chi connectivity index (χ2v) is 10.0. The Kier molecular flexibility index (Phi) is 5.56. The van der Waals surface area contributed by atoms with Crippen LogP contribution in [-0.2, 0) is 16.1 Å². The van der Waals surface area contributed by atoms with Gasteiger partial charge in [-0.05, 0) is 67.5 Å². The number of nitrogens with zero attached hydrogens (tertiary/aromatic N) is 1. The average Bonchev–Trinajstić information content (AvgIpc) is 3.42. The molecule has 8 heteroatoms. The molecule has 35 heavy (non-hydrogen) atoms. The van der Waals surface area contributed by atoms with Crippen molar-refractivity contribution in [3.05, 3.63) is 64.5 Å². The van der Waals surface area contributed by atoms with E-state index in [-0.39, 0.29) is 42.1 Å². The Bertz CT molecular complexity index is 1210. The van der Waals surface area contributed by atoms with Gasteiger partial charge in [-0.3, -0.25) is 19.7 Å². The molecule has 3 unspecified atom stereocenters. The van der Waals surface area contributed by atoms with E-state index in [1.54, 1.807) is 17.0 Å². The first-order chi connectivity index (χ1) is 17.0. The minimum absolute atomic E-state index is 0.0671. The summed E-state index contributed by atoms with van der Waals surface area (Å²) in [5.74, 6) is -0.365. The topological polar surface area (TPSA) is 87.7 Å². The molecule has 3 atom stereocenters. The van der Waals surface area contributed by atoms with E-state index in [9.17, 15) is 18.8 Å². The number of ether oxygens (including phenoxy) is 1. The highest BCUT2D eigenvalue weighted by Gasteiger charge is 2.42. The third kappa shape index (κ3) is 3.99. The smallest absolute Gasteiger partial charge is 0.255 e. The van der Waals surface area contributed by atoms with Gasteiger partial charge in [0.05, 0.1) is 6.10 Å². The number of fused-ring (bicyclic) bond motifs is 1. The molecule has 6 rings (SSSR count). The van der Waals surface area contributed by atoms with Crippen molar-refractivity contribution in [2.75, 3.05) is 6.54 Å². The molecule has 4 aliphatic rings. The molecule has 2 aromatic rings. The molecule has 0 radical (unpaired) electrons. The van der Waals surface area contributed by atoms with Crippen LogP contribution in [0.2, 0.25) is 0 Å². The molecule has 0 aromatic heterocycles. The minimum atomic E-state index is -0.655. The van der Waals surface area contributed by atoms with E-state index < -0.39 is 11.9 Å². The molecular weight excluding hydrogens is 449 g/mol. The molecule has 3 heterocycles. The first-order valence-electron chi connectivity index (χ1n) is 12.4. The van der Waals surface area contributed by atoms with Gasteiger partial charge in [0.25, 0.3) is 5.91 Å². The molecule has 3 fully saturated rings. The lowest BCUT2D eigenvalue weighted by Gasteiger charge is -2.40. The van der Waals surface area contributed by atoms with Crippen LogP contribution >= 0.6 is 0 Å².